The van der Waals surface area contributed by atoms with Crippen LogP contribution in [0.4, 0.5) is 14.5 Å². The zero-order chi connectivity index (χ0) is 20.6. The van der Waals surface area contributed by atoms with E-state index < -0.39 is 6.61 Å². The first-order chi connectivity index (χ1) is 14.0. The number of aromatic nitrogens is 2. The number of alkyl halides is 2. The van der Waals surface area contributed by atoms with Crippen molar-refractivity contribution in [2.75, 3.05) is 17.7 Å². The van der Waals surface area contributed by atoms with Gasteiger partial charge in [0.1, 0.15) is 5.69 Å². The molecule has 0 saturated heterocycles. The molecule has 7 nitrogen and oxygen atoms in total. The number of anilines is 1. The Morgan fingerprint density at radius 3 is 2.86 bits per heavy atom. The lowest BCUT2D eigenvalue weighted by Gasteiger charge is -2.13. The minimum Gasteiger partial charge on any atom is -0.490 e. The number of thioether (sulfide) groups is 1. The Hall–Kier alpha value is -3.14. The molecular weight excluding hydrogens is 404 g/mol. The van der Waals surface area contributed by atoms with Gasteiger partial charge in [0, 0.05) is 18.0 Å². The molecule has 0 bridgehead atoms. The average Bonchev–Trinajstić information content (AvgIpc) is 3.23. The van der Waals surface area contributed by atoms with E-state index in [1.807, 2.05) is 0 Å². The molecular formula is C19H17F2N3O4S. The summed E-state index contributed by atoms with van der Waals surface area (Å²) < 4.78 is 39.9. The zero-order valence-electron chi connectivity index (χ0n) is 15.3. The number of furan rings is 1. The molecule has 0 unspecified atom stereocenters. The van der Waals surface area contributed by atoms with E-state index in [1.165, 1.54) is 18.2 Å². The molecule has 0 radical (unpaired) electrons. The van der Waals surface area contributed by atoms with Crippen molar-refractivity contribution in [3.8, 4) is 23.0 Å². The second-order valence-corrected chi connectivity index (χ2v) is 6.45. The Balaban J connectivity index is 1.61. The van der Waals surface area contributed by atoms with Crippen LogP contribution in [0.5, 0.6) is 11.5 Å². The van der Waals surface area contributed by atoms with E-state index in [9.17, 15) is 13.6 Å². The Morgan fingerprint density at radius 1 is 1.28 bits per heavy atom. The predicted molar refractivity (Wildman–Crippen MR) is 103 cm³/mol. The largest absolute Gasteiger partial charge is 0.490 e. The fourth-order valence-corrected chi connectivity index (χ4v) is 2.98. The molecule has 10 heteroatoms. The van der Waals surface area contributed by atoms with Gasteiger partial charge in [0.25, 0.3) is 0 Å². The maximum atomic E-state index is 12.5. The van der Waals surface area contributed by atoms with E-state index in [1.54, 1.807) is 37.6 Å². The molecule has 152 valence electrons. The van der Waals surface area contributed by atoms with Crippen LogP contribution in [0, 0.1) is 0 Å². The van der Waals surface area contributed by atoms with Crippen molar-refractivity contribution in [3.05, 3.63) is 48.9 Å². The van der Waals surface area contributed by atoms with Crippen LogP contribution >= 0.6 is 11.8 Å². The van der Waals surface area contributed by atoms with Gasteiger partial charge < -0.3 is 19.2 Å². The van der Waals surface area contributed by atoms with Crippen molar-refractivity contribution in [1.29, 1.82) is 0 Å². The van der Waals surface area contributed by atoms with E-state index in [2.05, 4.69) is 20.0 Å². The number of carbonyl (C=O) groups is 1. The van der Waals surface area contributed by atoms with Gasteiger partial charge in [-0.3, -0.25) is 4.79 Å². The Bertz CT molecular complexity index is 954. The van der Waals surface area contributed by atoms with Gasteiger partial charge in [-0.2, -0.15) is 8.78 Å². The SMILES string of the molecule is CCOc1cc(NC(=O)CSc2nccc(-c3ccco3)n2)ccc1OC(F)F. The van der Waals surface area contributed by atoms with Crippen LogP contribution in [-0.2, 0) is 4.79 Å². The summed E-state index contributed by atoms with van der Waals surface area (Å²) in [6, 6.07) is 9.44. The van der Waals surface area contributed by atoms with Crippen LogP contribution in [0.25, 0.3) is 11.5 Å². The van der Waals surface area contributed by atoms with Crippen LogP contribution < -0.4 is 14.8 Å². The summed E-state index contributed by atoms with van der Waals surface area (Å²) in [4.78, 5) is 20.7. The number of carbonyl (C=O) groups excluding carboxylic acids is 1. The van der Waals surface area contributed by atoms with E-state index in [-0.39, 0.29) is 29.8 Å². The second-order valence-electron chi connectivity index (χ2n) is 5.51. The molecule has 1 amide bonds. The lowest BCUT2D eigenvalue weighted by molar-refractivity contribution is -0.113. The maximum Gasteiger partial charge on any atom is 0.387 e. The normalized spacial score (nSPS) is 10.8. The van der Waals surface area contributed by atoms with Gasteiger partial charge in [-0.1, -0.05) is 11.8 Å². The highest BCUT2D eigenvalue weighted by molar-refractivity contribution is 7.99. The Labute approximate surface area is 169 Å². The van der Waals surface area contributed by atoms with E-state index in [4.69, 9.17) is 9.15 Å². The van der Waals surface area contributed by atoms with Crippen LogP contribution in [0.2, 0.25) is 0 Å². The van der Waals surface area contributed by atoms with Crippen molar-refractivity contribution >= 4 is 23.4 Å². The third-order valence-electron chi connectivity index (χ3n) is 3.48. The standard InChI is InChI=1S/C19H17F2N3O4S/c1-2-26-16-10-12(5-6-15(16)28-18(20)21)23-17(25)11-29-19-22-8-7-13(24-19)14-4-3-9-27-14/h3-10,18H,2,11H2,1H3,(H,23,25). The minimum absolute atomic E-state index is 0.0564. The summed E-state index contributed by atoms with van der Waals surface area (Å²) in [7, 11) is 0. The van der Waals surface area contributed by atoms with Gasteiger partial charge in [-0.25, -0.2) is 9.97 Å². The van der Waals surface area contributed by atoms with E-state index in [0.717, 1.165) is 11.8 Å². The quantitative estimate of drug-likeness (QED) is 0.403. The van der Waals surface area contributed by atoms with E-state index >= 15 is 0 Å². The monoisotopic (exact) mass is 421 g/mol. The van der Waals surface area contributed by atoms with Gasteiger partial charge in [-0.15, -0.1) is 0 Å². The highest BCUT2D eigenvalue weighted by atomic mass is 32.2. The lowest BCUT2D eigenvalue weighted by Crippen LogP contribution is -2.14. The molecule has 3 rings (SSSR count). The van der Waals surface area contributed by atoms with Crippen molar-refractivity contribution < 1.29 is 27.5 Å². The molecule has 29 heavy (non-hydrogen) atoms. The van der Waals surface area contributed by atoms with Gasteiger partial charge in [0.05, 0.1) is 18.6 Å². The van der Waals surface area contributed by atoms with Crippen molar-refractivity contribution in [2.24, 2.45) is 0 Å². The van der Waals surface area contributed by atoms with Crippen LogP contribution in [0.1, 0.15) is 6.92 Å². The van der Waals surface area contributed by atoms with Gasteiger partial charge in [0.2, 0.25) is 5.91 Å². The zero-order valence-corrected chi connectivity index (χ0v) is 16.1. The molecule has 1 N–H and O–H groups in total. The molecule has 0 fully saturated rings. The number of ether oxygens (including phenoxy) is 2. The number of amides is 1. The van der Waals surface area contributed by atoms with Gasteiger partial charge >= 0.3 is 6.61 Å². The first-order valence-electron chi connectivity index (χ1n) is 8.56. The molecule has 0 saturated carbocycles. The number of hydrogen-bond acceptors (Lipinski definition) is 7. The summed E-state index contributed by atoms with van der Waals surface area (Å²) in [5, 5.41) is 3.10. The van der Waals surface area contributed by atoms with Gasteiger partial charge in [-0.05, 0) is 37.3 Å². The van der Waals surface area contributed by atoms with Crippen molar-refractivity contribution in [1.82, 2.24) is 9.97 Å². The molecule has 0 aliphatic heterocycles. The van der Waals surface area contributed by atoms with Crippen LogP contribution in [-0.4, -0.2) is 34.8 Å². The average molecular weight is 421 g/mol. The smallest absolute Gasteiger partial charge is 0.387 e. The number of nitrogens with zero attached hydrogens (tertiary/aromatic N) is 2. The van der Waals surface area contributed by atoms with Crippen LogP contribution in [0.3, 0.4) is 0 Å². The van der Waals surface area contributed by atoms with Gasteiger partial charge in [0.15, 0.2) is 22.4 Å². The maximum absolute atomic E-state index is 12.5. The number of benzene rings is 1. The summed E-state index contributed by atoms with van der Waals surface area (Å²) in [5.41, 5.74) is 1.01. The number of rotatable bonds is 9. The lowest BCUT2D eigenvalue weighted by atomic mass is 10.2. The number of nitrogens with one attached hydrogen (secondary N) is 1. The highest BCUT2D eigenvalue weighted by Gasteiger charge is 2.13. The topological polar surface area (TPSA) is 86.5 Å². The summed E-state index contributed by atoms with van der Waals surface area (Å²) >= 11 is 1.15. The molecule has 2 aromatic heterocycles. The highest BCUT2D eigenvalue weighted by Crippen LogP contribution is 2.32. The molecule has 3 aromatic rings. The third kappa shape index (κ3) is 5.92. The van der Waals surface area contributed by atoms with E-state index in [0.29, 0.717) is 22.3 Å². The first kappa shape index (κ1) is 20.6. The minimum atomic E-state index is -2.97. The Morgan fingerprint density at radius 2 is 2.14 bits per heavy atom. The molecule has 2 heterocycles. The molecule has 0 aliphatic rings. The predicted octanol–water partition coefficient (Wildman–Crippen LogP) is 4.47. The molecule has 0 spiro atoms. The number of hydrogen-bond donors (Lipinski definition) is 1. The third-order valence-corrected chi connectivity index (χ3v) is 4.34. The van der Waals surface area contributed by atoms with Crippen LogP contribution in [0.15, 0.2) is 58.4 Å². The fraction of sp³-hybridized carbons (Fsp3) is 0.211. The molecule has 1 aromatic carbocycles. The molecule has 0 atom stereocenters. The second kappa shape index (κ2) is 9.87. The summed E-state index contributed by atoms with van der Waals surface area (Å²) in [6.07, 6.45) is 3.13. The fourth-order valence-electron chi connectivity index (χ4n) is 2.35. The number of halogens is 2. The molecule has 0 aliphatic carbocycles. The van der Waals surface area contributed by atoms with Crippen molar-refractivity contribution in [3.63, 3.8) is 0 Å². The summed E-state index contributed by atoms with van der Waals surface area (Å²) in [5.74, 6) is 0.367. The Kier molecular flexibility index (Phi) is 7.01. The first-order valence-corrected chi connectivity index (χ1v) is 9.55. The summed E-state index contributed by atoms with van der Waals surface area (Å²) in [6.45, 7) is -0.996. The van der Waals surface area contributed by atoms with Crippen molar-refractivity contribution in [2.45, 2.75) is 18.7 Å².